The van der Waals surface area contributed by atoms with Crippen molar-refractivity contribution in [2.75, 3.05) is 0 Å². The molecular weight excluding hydrogens is 218 g/mol. The minimum atomic E-state index is -0.759. The fourth-order valence-corrected chi connectivity index (χ4v) is 2.05. The summed E-state index contributed by atoms with van der Waals surface area (Å²) in [6, 6.07) is 0. The van der Waals surface area contributed by atoms with E-state index in [0.29, 0.717) is 0 Å². The Morgan fingerprint density at radius 2 is 2.57 bits per heavy atom. The maximum atomic E-state index is 9.71. The molecule has 1 fully saturated rings. The Balaban J connectivity index is 2.42. The summed E-state index contributed by atoms with van der Waals surface area (Å²) in [5, 5.41) is 2.71. The summed E-state index contributed by atoms with van der Waals surface area (Å²) in [6.07, 6.45) is 0. The zero-order valence-corrected chi connectivity index (χ0v) is 6.63. The van der Waals surface area contributed by atoms with Crippen molar-refractivity contribution < 1.29 is 22.7 Å². The van der Waals surface area contributed by atoms with Gasteiger partial charge in [0.2, 0.25) is 0 Å². The van der Waals surface area contributed by atoms with E-state index in [0.717, 1.165) is 12.0 Å². The van der Waals surface area contributed by atoms with E-state index in [4.69, 9.17) is 0 Å². The normalized spacial score (nSPS) is 37.7. The number of nitrogens with zero attached hydrogens (tertiary/aromatic N) is 1. The van der Waals surface area contributed by atoms with Crippen LogP contribution >= 0.6 is 21.5 Å². The van der Waals surface area contributed by atoms with Crippen LogP contribution in [0.15, 0.2) is 5.18 Å². The molecule has 0 aliphatic carbocycles. The zero-order valence-electron chi connectivity index (χ0n) is 2.99. The molecule has 0 spiro atoms. The topological polar surface area (TPSA) is 42.0 Å². The van der Waals surface area contributed by atoms with Crippen molar-refractivity contribution in [3.05, 3.63) is 4.91 Å². The Bertz CT molecular complexity index is 93.7. The van der Waals surface area contributed by atoms with Crippen LogP contribution in [0.3, 0.4) is 0 Å². The van der Waals surface area contributed by atoms with Crippen molar-refractivity contribution in [3.63, 3.8) is 0 Å². The van der Waals surface area contributed by atoms with Gasteiger partial charge in [0.15, 0.2) is 0 Å². The monoisotopic (exact) mass is 220 g/mol. The van der Waals surface area contributed by atoms with Crippen molar-refractivity contribution in [3.8, 4) is 0 Å². The molecular formula is CMoNO2S2. The van der Waals surface area contributed by atoms with Gasteiger partial charge in [-0.05, 0) is 0 Å². The third-order valence-corrected chi connectivity index (χ3v) is 4.42. The maximum absolute atomic E-state index is 9.71. The molecule has 0 N–H and O–H groups in total. The molecule has 1 aliphatic rings. The van der Waals surface area contributed by atoms with Crippen LogP contribution in [-0.2, 0) is 22.7 Å². The fourth-order valence-electron chi connectivity index (χ4n) is 0.109. The molecule has 0 aromatic rings. The fraction of sp³-hybridized carbons (Fsp3) is 1.00. The summed E-state index contributed by atoms with van der Waals surface area (Å²) in [7, 11) is 1.31. The third kappa shape index (κ3) is 1.19. The molecule has 0 bridgehead atoms. The summed E-state index contributed by atoms with van der Waals surface area (Å²) < 4.78 is 3.84. The molecule has 1 heterocycles. The van der Waals surface area contributed by atoms with E-state index in [9.17, 15) is 4.91 Å². The molecule has 1 unspecified atom stereocenters. The molecule has 1 aliphatic heterocycles. The van der Waals surface area contributed by atoms with Gasteiger partial charge in [-0.3, -0.25) is 0 Å². The van der Waals surface area contributed by atoms with Crippen LogP contribution in [0.25, 0.3) is 0 Å². The van der Waals surface area contributed by atoms with Crippen molar-refractivity contribution in [1.82, 2.24) is 0 Å². The zero-order chi connectivity index (χ0) is 5.33. The van der Waals surface area contributed by atoms with Gasteiger partial charge in [0.25, 0.3) is 0 Å². The van der Waals surface area contributed by atoms with E-state index >= 15 is 0 Å². The van der Waals surface area contributed by atoms with Gasteiger partial charge < -0.3 is 0 Å². The first-order chi connectivity index (χ1) is 3.33. The van der Waals surface area contributed by atoms with Crippen molar-refractivity contribution in [2.24, 2.45) is 5.18 Å². The Labute approximate surface area is 58.7 Å². The van der Waals surface area contributed by atoms with E-state index < -0.39 is 4.39 Å². The second kappa shape index (κ2) is 2.05. The second-order valence-corrected chi connectivity index (χ2v) is 3.96. The van der Waals surface area contributed by atoms with Crippen LogP contribution in [-0.4, -0.2) is 4.39 Å². The molecule has 1 saturated heterocycles. The standard InChI is InChI=1S/CHNO2S2.Mo/c3-2-1(5)4-6-1;/h5H;/q;+1/p-1. The average molecular weight is 218 g/mol. The molecule has 3 nitrogen and oxygen atoms in total. The molecule has 1 atom stereocenters. The quantitative estimate of drug-likeness (QED) is 0.302. The predicted octanol–water partition coefficient (Wildman–Crippen LogP) is 1.24. The second-order valence-electron chi connectivity index (χ2n) is 0.865. The van der Waals surface area contributed by atoms with E-state index in [-0.39, 0.29) is 0 Å². The summed E-state index contributed by atoms with van der Waals surface area (Å²) in [5.74, 6) is 0. The molecule has 0 amide bonds. The minimum absolute atomic E-state index is 0.759. The van der Waals surface area contributed by atoms with Gasteiger partial charge in [-0.1, -0.05) is 0 Å². The van der Waals surface area contributed by atoms with E-state index in [1.165, 1.54) is 9.47 Å². The Morgan fingerprint density at radius 1 is 2.00 bits per heavy atom. The molecule has 0 aromatic heterocycles. The predicted molar refractivity (Wildman–Crippen MR) is 24.8 cm³/mol. The number of nitroso groups, excluding NO2 is 1. The summed E-state index contributed by atoms with van der Waals surface area (Å²) in [6.45, 7) is 0. The number of hydrogen-bond donors (Lipinski definition) is 0. The summed E-state index contributed by atoms with van der Waals surface area (Å²) >= 11 is 2.82. The average Bonchev–Trinajstić information content (AvgIpc) is 2.46. The molecule has 0 saturated carbocycles. The van der Waals surface area contributed by atoms with Crippen molar-refractivity contribution in [1.29, 1.82) is 0 Å². The van der Waals surface area contributed by atoms with Crippen LogP contribution in [0.1, 0.15) is 0 Å². The van der Waals surface area contributed by atoms with Crippen LogP contribution in [0.4, 0.5) is 0 Å². The Morgan fingerprint density at radius 3 is 2.57 bits per heavy atom. The van der Waals surface area contributed by atoms with Gasteiger partial charge in [0.1, 0.15) is 0 Å². The first-order valence-corrected chi connectivity index (χ1v) is 5.29. The molecule has 39 valence electrons. The molecule has 1 rings (SSSR count). The van der Waals surface area contributed by atoms with Gasteiger partial charge >= 0.3 is 58.7 Å². The number of hydrogen-bond acceptors (Lipinski definition) is 5. The molecule has 0 aromatic carbocycles. The molecule has 7 heavy (non-hydrogen) atoms. The Kier molecular flexibility index (Phi) is 1.78. The Hall–Kier alpha value is 0.948. The van der Waals surface area contributed by atoms with Crippen molar-refractivity contribution >= 4 is 21.5 Å². The SMILES string of the molecule is O=NC1([S][Mo])OS1. The third-order valence-electron chi connectivity index (χ3n) is 0.443. The number of rotatable bonds is 2. The van der Waals surface area contributed by atoms with E-state index in [1.807, 2.05) is 0 Å². The van der Waals surface area contributed by atoms with Gasteiger partial charge in [-0.2, -0.15) is 0 Å². The van der Waals surface area contributed by atoms with Gasteiger partial charge in [-0.15, -0.1) is 0 Å². The van der Waals surface area contributed by atoms with Crippen LogP contribution < -0.4 is 0 Å². The summed E-state index contributed by atoms with van der Waals surface area (Å²) in [5.41, 5.74) is 0. The molecule has 6 heteroatoms. The van der Waals surface area contributed by atoms with Gasteiger partial charge in [0.05, 0.1) is 0 Å². The van der Waals surface area contributed by atoms with Crippen LogP contribution in [0.2, 0.25) is 0 Å². The first kappa shape index (κ1) is 6.07. The van der Waals surface area contributed by atoms with Crippen LogP contribution in [0.5, 0.6) is 0 Å². The van der Waals surface area contributed by atoms with E-state index in [2.05, 4.69) is 9.36 Å². The first-order valence-electron chi connectivity index (χ1n) is 1.35. The summed E-state index contributed by atoms with van der Waals surface area (Å²) in [4.78, 5) is 9.71. The van der Waals surface area contributed by atoms with Gasteiger partial charge in [0, 0.05) is 0 Å². The molecule has 0 radical (unpaired) electrons. The van der Waals surface area contributed by atoms with Gasteiger partial charge in [-0.25, -0.2) is 0 Å². The van der Waals surface area contributed by atoms with Crippen LogP contribution in [0, 0.1) is 4.91 Å². The van der Waals surface area contributed by atoms with Crippen molar-refractivity contribution in [2.45, 2.75) is 4.39 Å². The van der Waals surface area contributed by atoms with E-state index in [1.54, 1.807) is 18.5 Å².